The third-order valence-corrected chi connectivity index (χ3v) is 2.38. The van der Waals surface area contributed by atoms with Crippen LogP contribution in [-0.4, -0.2) is 13.3 Å². The lowest BCUT2D eigenvalue weighted by Gasteiger charge is -2.09. The fourth-order valence-electron chi connectivity index (χ4n) is 1.53. The highest BCUT2D eigenvalue weighted by Crippen LogP contribution is 2.18. The van der Waals surface area contributed by atoms with E-state index in [-0.39, 0.29) is 0 Å². The molecular weight excluding hydrogens is 174 g/mol. The van der Waals surface area contributed by atoms with Crippen molar-refractivity contribution >= 4 is 12.0 Å². The molecule has 0 aliphatic rings. The van der Waals surface area contributed by atoms with Crippen molar-refractivity contribution in [3.05, 3.63) is 29.3 Å². The topological polar surface area (TPSA) is 29.1 Å². The van der Waals surface area contributed by atoms with Crippen molar-refractivity contribution in [3.8, 4) is 0 Å². The molecule has 1 aromatic carbocycles. The normalized spacial score (nSPS) is 9.86. The summed E-state index contributed by atoms with van der Waals surface area (Å²) >= 11 is 0. The number of benzene rings is 1. The third-order valence-electron chi connectivity index (χ3n) is 2.38. The fraction of sp³-hybridized carbons (Fsp3) is 0.417. The van der Waals surface area contributed by atoms with Crippen molar-refractivity contribution in [2.75, 3.05) is 12.4 Å². The first-order valence-corrected chi connectivity index (χ1v) is 5.05. The van der Waals surface area contributed by atoms with Gasteiger partial charge in [0.05, 0.1) is 0 Å². The molecule has 0 saturated heterocycles. The summed E-state index contributed by atoms with van der Waals surface area (Å²) in [6, 6.07) is 6.38. The van der Waals surface area contributed by atoms with Gasteiger partial charge in [-0.1, -0.05) is 19.1 Å². The quantitative estimate of drug-likeness (QED) is 0.724. The SMILES string of the molecule is CCc1ccc(NC)c(CCC=O)c1. The molecule has 14 heavy (non-hydrogen) atoms. The average molecular weight is 191 g/mol. The summed E-state index contributed by atoms with van der Waals surface area (Å²) < 4.78 is 0. The van der Waals surface area contributed by atoms with E-state index in [4.69, 9.17) is 0 Å². The Hall–Kier alpha value is -1.31. The molecule has 0 aliphatic heterocycles. The summed E-state index contributed by atoms with van der Waals surface area (Å²) in [4.78, 5) is 10.3. The van der Waals surface area contributed by atoms with Crippen LogP contribution in [0.15, 0.2) is 18.2 Å². The molecule has 1 N–H and O–H groups in total. The van der Waals surface area contributed by atoms with E-state index in [9.17, 15) is 4.79 Å². The summed E-state index contributed by atoms with van der Waals surface area (Å²) in [6.07, 6.45) is 3.44. The molecule has 0 aliphatic carbocycles. The van der Waals surface area contributed by atoms with Crippen molar-refractivity contribution in [3.63, 3.8) is 0 Å². The first kappa shape index (κ1) is 10.8. The van der Waals surface area contributed by atoms with E-state index in [2.05, 4.69) is 30.4 Å². The monoisotopic (exact) mass is 191 g/mol. The zero-order chi connectivity index (χ0) is 10.4. The zero-order valence-electron chi connectivity index (χ0n) is 8.84. The molecule has 0 bridgehead atoms. The number of anilines is 1. The molecule has 0 spiro atoms. The minimum Gasteiger partial charge on any atom is -0.388 e. The van der Waals surface area contributed by atoms with E-state index in [1.165, 1.54) is 11.1 Å². The largest absolute Gasteiger partial charge is 0.388 e. The Morgan fingerprint density at radius 3 is 2.79 bits per heavy atom. The molecule has 76 valence electrons. The van der Waals surface area contributed by atoms with Gasteiger partial charge >= 0.3 is 0 Å². The average Bonchev–Trinajstić information content (AvgIpc) is 2.25. The van der Waals surface area contributed by atoms with Crippen molar-refractivity contribution in [1.29, 1.82) is 0 Å². The summed E-state index contributed by atoms with van der Waals surface area (Å²) in [5, 5.41) is 3.14. The Morgan fingerprint density at radius 2 is 2.21 bits per heavy atom. The number of hydrogen-bond donors (Lipinski definition) is 1. The molecule has 0 radical (unpaired) electrons. The summed E-state index contributed by atoms with van der Waals surface area (Å²) in [7, 11) is 1.91. The highest BCUT2D eigenvalue weighted by atomic mass is 16.1. The van der Waals surface area contributed by atoms with Gasteiger partial charge in [-0.25, -0.2) is 0 Å². The van der Waals surface area contributed by atoms with Crippen molar-refractivity contribution < 1.29 is 4.79 Å². The highest BCUT2D eigenvalue weighted by molar-refractivity contribution is 5.56. The second-order valence-corrected chi connectivity index (χ2v) is 3.30. The van der Waals surface area contributed by atoms with Crippen LogP contribution in [0.5, 0.6) is 0 Å². The fourth-order valence-corrected chi connectivity index (χ4v) is 1.53. The predicted octanol–water partition coefficient (Wildman–Crippen LogP) is 2.42. The van der Waals surface area contributed by atoms with Crippen LogP contribution < -0.4 is 5.32 Å². The Bertz CT molecular complexity index is 307. The maximum absolute atomic E-state index is 10.3. The minimum atomic E-state index is 0.599. The van der Waals surface area contributed by atoms with E-state index in [0.29, 0.717) is 6.42 Å². The van der Waals surface area contributed by atoms with Gasteiger partial charge in [0.1, 0.15) is 6.29 Å². The second kappa shape index (κ2) is 5.43. The third kappa shape index (κ3) is 2.59. The van der Waals surface area contributed by atoms with E-state index in [1.807, 2.05) is 7.05 Å². The van der Waals surface area contributed by atoms with Gasteiger partial charge in [-0.05, 0) is 30.0 Å². The number of nitrogens with one attached hydrogen (secondary N) is 1. The highest BCUT2D eigenvalue weighted by Gasteiger charge is 2.01. The van der Waals surface area contributed by atoms with E-state index < -0.39 is 0 Å². The smallest absolute Gasteiger partial charge is 0.120 e. The number of carbonyl (C=O) groups excluding carboxylic acids is 1. The molecular formula is C12H17NO. The van der Waals surface area contributed by atoms with Crippen molar-refractivity contribution in [2.45, 2.75) is 26.2 Å². The first-order chi connectivity index (χ1) is 6.81. The van der Waals surface area contributed by atoms with Crippen LogP contribution >= 0.6 is 0 Å². The lowest BCUT2D eigenvalue weighted by molar-refractivity contribution is -0.107. The number of carbonyl (C=O) groups is 1. The van der Waals surface area contributed by atoms with Gasteiger partial charge in [-0.2, -0.15) is 0 Å². The molecule has 0 heterocycles. The second-order valence-electron chi connectivity index (χ2n) is 3.30. The standard InChI is InChI=1S/C12H17NO/c1-3-10-6-7-12(13-2)11(9-10)5-4-8-14/h6-9,13H,3-5H2,1-2H3. The van der Waals surface area contributed by atoms with Crippen LogP contribution in [0.25, 0.3) is 0 Å². The van der Waals surface area contributed by atoms with Gasteiger partial charge in [0, 0.05) is 19.2 Å². The molecule has 2 heteroatoms. The molecule has 0 amide bonds. The molecule has 0 aromatic heterocycles. The van der Waals surface area contributed by atoms with Gasteiger partial charge in [0.2, 0.25) is 0 Å². The van der Waals surface area contributed by atoms with E-state index in [0.717, 1.165) is 24.8 Å². The van der Waals surface area contributed by atoms with Crippen molar-refractivity contribution in [2.24, 2.45) is 0 Å². The van der Waals surface area contributed by atoms with E-state index >= 15 is 0 Å². The lowest BCUT2D eigenvalue weighted by atomic mass is 10.0. The lowest BCUT2D eigenvalue weighted by Crippen LogP contribution is -1.97. The van der Waals surface area contributed by atoms with Gasteiger partial charge in [-0.3, -0.25) is 0 Å². The Balaban J connectivity index is 2.89. The van der Waals surface area contributed by atoms with Crippen LogP contribution in [-0.2, 0) is 17.6 Å². The van der Waals surface area contributed by atoms with Crippen LogP contribution in [0.2, 0.25) is 0 Å². The number of rotatable bonds is 5. The number of hydrogen-bond acceptors (Lipinski definition) is 2. The predicted molar refractivity (Wildman–Crippen MR) is 59.8 cm³/mol. The number of aryl methyl sites for hydroxylation is 2. The van der Waals surface area contributed by atoms with E-state index in [1.54, 1.807) is 0 Å². The molecule has 0 unspecified atom stereocenters. The summed E-state index contributed by atoms with van der Waals surface area (Å²) in [5.41, 5.74) is 3.69. The van der Waals surface area contributed by atoms with Gasteiger partial charge < -0.3 is 10.1 Å². The van der Waals surface area contributed by atoms with Crippen LogP contribution in [0.3, 0.4) is 0 Å². The Labute approximate surface area is 85.3 Å². The van der Waals surface area contributed by atoms with Crippen LogP contribution in [0, 0.1) is 0 Å². The van der Waals surface area contributed by atoms with Gasteiger partial charge in [-0.15, -0.1) is 0 Å². The molecule has 2 nitrogen and oxygen atoms in total. The zero-order valence-corrected chi connectivity index (χ0v) is 8.84. The molecule has 0 fully saturated rings. The van der Waals surface area contributed by atoms with Gasteiger partial charge in [0.25, 0.3) is 0 Å². The molecule has 0 atom stereocenters. The maximum Gasteiger partial charge on any atom is 0.120 e. The maximum atomic E-state index is 10.3. The van der Waals surface area contributed by atoms with Crippen LogP contribution in [0.1, 0.15) is 24.5 Å². The summed E-state index contributed by atoms with van der Waals surface area (Å²) in [5.74, 6) is 0. The van der Waals surface area contributed by atoms with Gasteiger partial charge in [0.15, 0.2) is 0 Å². The molecule has 1 aromatic rings. The van der Waals surface area contributed by atoms with Crippen molar-refractivity contribution in [1.82, 2.24) is 0 Å². The van der Waals surface area contributed by atoms with Crippen LogP contribution in [0.4, 0.5) is 5.69 Å². The minimum absolute atomic E-state index is 0.599. The Morgan fingerprint density at radius 1 is 1.43 bits per heavy atom. The first-order valence-electron chi connectivity index (χ1n) is 5.05. The summed E-state index contributed by atoms with van der Waals surface area (Å²) in [6.45, 7) is 2.14. The molecule has 1 rings (SSSR count). The number of aldehydes is 1. The molecule has 0 saturated carbocycles. The Kier molecular flexibility index (Phi) is 4.17.